The number of rotatable bonds is 0. The van der Waals surface area contributed by atoms with E-state index in [4.69, 9.17) is 4.74 Å². The van der Waals surface area contributed by atoms with Crippen LogP contribution in [0.5, 0.6) is 0 Å². The molecule has 0 N–H and O–H groups in total. The van der Waals surface area contributed by atoms with Gasteiger partial charge in [0.15, 0.2) is 0 Å². The highest BCUT2D eigenvalue weighted by molar-refractivity contribution is 5.92. The van der Waals surface area contributed by atoms with Gasteiger partial charge in [-0.05, 0) is 40.0 Å². The molecule has 0 aromatic rings. The van der Waals surface area contributed by atoms with Gasteiger partial charge in [-0.2, -0.15) is 0 Å². The molecule has 2 fully saturated rings. The van der Waals surface area contributed by atoms with Crippen molar-refractivity contribution >= 4 is 12.0 Å². The highest BCUT2D eigenvalue weighted by Gasteiger charge is 2.56. The van der Waals surface area contributed by atoms with E-state index in [0.29, 0.717) is 6.54 Å². The van der Waals surface area contributed by atoms with E-state index in [1.807, 2.05) is 20.8 Å². The van der Waals surface area contributed by atoms with Crippen LogP contribution in [-0.4, -0.2) is 53.1 Å². The zero-order valence-corrected chi connectivity index (χ0v) is 11.7. The Labute approximate surface area is 108 Å². The molecule has 1 unspecified atom stereocenters. The second-order valence-corrected chi connectivity index (χ2v) is 6.24. The smallest absolute Gasteiger partial charge is 0.411 e. The van der Waals surface area contributed by atoms with Crippen LogP contribution in [0, 0.1) is 0 Å². The fourth-order valence-corrected chi connectivity index (χ4v) is 2.73. The molecule has 1 atom stereocenters. The van der Waals surface area contributed by atoms with Crippen molar-refractivity contribution in [2.24, 2.45) is 0 Å². The molecule has 0 aromatic heterocycles. The summed E-state index contributed by atoms with van der Waals surface area (Å²) in [4.78, 5) is 27.7. The first-order valence-corrected chi connectivity index (χ1v) is 6.52. The molecule has 2 saturated heterocycles. The van der Waals surface area contributed by atoms with Crippen LogP contribution in [0.25, 0.3) is 0 Å². The number of likely N-dealkylation sites (N-methyl/N-ethyl adjacent to an activating group) is 1. The number of carbonyl (C=O) groups is 2. The van der Waals surface area contributed by atoms with Crippen LogP contribution in [0.1, 0.15) is 40.0 Å². The summed E-state index contributed by atoms with van der Waals surface area (Å²) in [6.45, 7) is 6.92. The lowest BCUT2D eigenvalue weighted by Crippen LogP contribution is -2.71. The lowest BCUT2D eigenvalue weighted by molar-refractivity contribution is -0.157. The summed E-state index contributed by atoms with van der Waals surface area (Å²) in [5.74, 6) is 0.0610. The third-order valence-electron chi connectivity index (χ3n) is 3.71. The van der Waals surface area contributed by atoms with Gasteiger partial charge in [0.2, 0.25) is 5.91 Å². The number of carbonyl (C=O) groups excluding carboxylic acids is 2. The number of hydrogen-bond acceptors (Lipinski definition) is 3. The first kappa shape index (κ1) is 13.2. The van der Waals surface area contributed by atoms with Gasteiger partial charge >= 0.3 is 6.09 Å². The standard InChI is InChI=1S/C13H22N2O3/c1-12(2,3)18-11(17)15-9-7-13(15)6-5-8-14(4)10(13)16/h5-9H2,1-4H3. The molecule has 2 aliphatic rings. The monoisotopic (exact) mass is 254 g/mol. The number of piperidine rings is 1. The summed E-state index contributed by atoms with van der Waals surface area (Å²) < 4.78 is 5.37. The lowest BCUT2D eigenvalue weighted by Gasteiger charge is -2.54. The van der Waals surface area contributed by atoms with Crippen LogP contribution in [0.4, 0.5) is 4.79 Å². The van der Waals surface area contributed by atoms with Gasteiger partial charge < -0.3 is 9.64 Å². The van der Waals surface area contributed by atoms with Gasteiger partial charge in [-0.3, -0.25) is 9.69 Å². The summed E-state index contributed by atoms with van der Waals surface area (Å²) in [5, 5.41) is 0. The second-order valence-electron chi connectivity index (χ2n) is 6.24. The molecule has 2 rings (SSSR count). The topological polar surface area (TPSA) is 49.9 Å². The molecular formula is C13H22N2O3. The van der Waals surface area contributed by atoms with Crippen LogP contribution < -0.4 is 0 Å². The molecule has 18 heavy (non-hydrogen) atoms. The van der Waals surface area contributed by atoms with Gasteiger partial charge in [0.1, 0.15) is 11.1 Å². The van der Waals surface area contributed by atoms with Gasteiger partial charge in [-0.25, -0.2) is 4.79 Å². The Morgan fingerprint density at radius 1 is 1.28 bits per heavy atom. The van der Waals surface area contributed by atoms with Gasteiger partial charge in [-0.15, -0.1) is 0 Å². The number of ether oxygens (including phenoxy) is 1. The summed E-state index contributed by atoms with van der Waals surface area (Å²) in [6, 6.07) is 0. The molecule has 2 heterocycles. The third kappa shape index (κ3) is 2.06. The van der Waals surface area contributed by atoms with Crippen LogP contribution in [0.2, 0.25) is 0 Å². The fourth-order valence-electron chi connectivity index (χ4n) is 2.73. The van der Waals surface area contributed by atoms with Crippen molar-refractivity contribution in [2.75, 3.05) is 20.1 Å². The minimum Gasteiger partial charge on any atom is -0.444 e. The average molecular weight is 254 g/mol. The predicted octanol–water partition coefficient (Wildman–Crippen LogP) is 1.62. The second kappa shape index (κ2) is 4.14. The zero-order valence-electron chi connectivity index (χ0n) is 11.7. The Morgan fingerprint density at radius 2 is 1.94 bits per heavy atom. The molecule has 2 aliphatic heterocycles. The van der Waals surface area contributed by atoms with E-state index in [2.05, 4.69) is 0 Å². The van der Waals surface area contributed by atoms with Crippen molar-refractivity contribution in [1.82, 2.24) is 9.80 Å². The van der Waals surface area contributed by atoms with E-state index in [0.717, 1.165) is 25.8 Å². The van der Waals surface area contributed by atoms with Gasteiger partial charge in [0.25, 0.3) is 0 Å². The van der Waals surface area contributed by atoms with E-state index in [1.165, 1.54) is 0 Å². The Balaban J connectivity index is 2.11. The van der Waals surface area contributed by atoms with Crippen LogP contribution >= 0.6 is 0 Å². The van der Waals surface area contributed by atoms with Crippen molar-refractivity contribution in [3.63, 3.8) is 0 Å². The van der Waals surface area contributed by atoms with E-state index >= 15 is 0 Å². The molecular weight excluding hydrogens is 232 g/mol. The molecule has 0 radical (unpaired) electrons. The molecule has 1 spiro atoms. The Morgan fingerprint density at radius 3 is 2.44 bits per heavy atom. The quantitative estimate of drug-likeness (QED) is 0.660. The van der Waals surface area contributed by atoms with E-state index in [-0.39, 0.29) is 12.0 Å². The van der Waals surface area contributed by atoms with Crippen molar-refractivity contribution < 1.29 is 14.3 Å². The lowest BCUT2D eigenvalue weighted by atomic mass is 9.77. The van der Waals surface area contributed by atoms with Gasteiger partial charge in [0, 0.05) is 20.1 Å². The molecule has 5 nitrogen and oxygen atoms in total. The molecule has 2 amide bonds. The van der Waals surface area contributed by atoms with E-state index in [9.17, 15) is 9.59 Å². The molecule has 0 aliphatic carbocycles. The Bertz CT molecular complexity index is 375. The fraction of sp³-hybridized carbons (Fsp3) is 0.846. The molecule has 102 valence electrons. The molecule has 0 bridgehead atoms. The van der Waals surface area contributed by atoms with E-state index in [1.54, 1.807) is 16.8 Å². The first-order chi connectivity index (χ1) is 8.26. The van der Waals surface area contributed by atoms with E-state index < -0.39 is 11.1 Å². The summed E-state index contributed by atoms with van der Waals surface area (Å²) >= 11 is 0. The van der Waals surface area contributed by atoms with Crippen molar-refractivity contribution in [3.8, 4) is 0 Å². The van der Waals surface area contributed by atoms with Crippen molar-refractivity contribution in [2.45, 2.75) is 51.2 Å². The highest BCUT2D eigenvalue weighted by atomic mass is 16.6. The molecule has 5 heteroatoms. The first-order valence-electron chi connectivity index (χ1n) is 6.52. The van der Waals surface area contributed by atoms with Crippen molar-refractivity contribution in [1.29, 1.82) is 0 Å². The van der Waals surface area contributed by atoms with Crippen LogP contribution in [0.3, 0.4) is 0 Å². The number of amides is 2. The third-order valence-corrected chi connectivity index (χ3v) is 3.71. The maximum Gasteiger partial charge on any atom is 0.411 e. The summed E-state index contributed by atoms with van der Waals surface area (Å²) in [5.41, 5.74) is -1.13. The number of nitrogens with zero attached hydrogens (tertiary/aromatic N) is 2. The SMILES string of the molecule is CN1CCCC2(CCN2C(=O)OC(C)(C)C)C1=O. The Kier molecular flexibility index (Phi) is 3.03. The normalized spacial score (nSPS) is 28.3. The van der Waals surface area contributed by atoms with Gasteiger partial charge in [0.05, 0.1) is 0 Å². The largest absolute Gasteiger partial charge is 0.444 e. The molecule has 0 aromatic carbocycles. The van der Waals surface area contributed by atoms with Crippen LogP contribution in [0.15, 0.2) is 0 Å². The van der Waals surface area contributed by atoms with Gasteiger partial charge in [-0.1, -0.05) is 0 Å². The minimum atomic E-state index is -0.616. The minimum absolute atomic E-state index is 0.0610. The summed E-state index contributed by atoms with van der Waals surface area (Å²) in [6.07, 6.45) is 2.10. The van der Waals surface area contributed by atoms with Crippen molar-refractivity contribution in [3.05, 3.63) is 0 Å². The molecule has 0 saturated carbocycles. The number of likely N-dealkylation sites (tertiary alicyclic amines) is 2. The number of hydrogen-bond donors (Lipinski definition) is 0. The predicted molar refractivity (Wildman–Crippen MR) is 67.2 cm³/mol. The summed E-state index contributed by atoms with van der Waals surface area (Å²) in [7, 11) is 1.80. The zero-order chi connectivity index (χ0) is 13.6. The average Bonchev–Trinajstić information content (AvgIpc) is 2.17. The maximum absolute atomic E-state index is 12.3. The Hall–Kier alpha value is -1.26. The van der Waals surface area contributed by atoms with Crippen LogP contribution in [-0.2, 0) is 9.53 Å². The highest BCUT2D eigenvalue weighted by Crippen LogP contribution is 2.40. The maximum atomic E-state index is 12.3.